The van der Waals surface area contributed by atoms with Gasteiger partial charge in [-0.3, -0.25) is 19.4 Å². The van der Waals surface area contributed by atoms with Crippen LogP contribution in [0.15, 0.2) is 70.6 Å². The molecule has 0 aliphatic carbocycles. The Kier molecular flexibility index (Phi) is 18.2. The number of aromatic amines is 1. The Morgan fingerprint density at radius 1 is 0.686 bits per heavy atom. The number of likely N-dealkylation sites (tertiary alicyclic amines) is 2. The first kappa shape index (κ1) is 56.1. The standard InChI is InChI=1S/C48H55N7O11.4H2S/c1-26(2)39(51-45(59)61-5)43(57)54-24-47(63-13-14-64-47)21-37(54)36-20-33(23-49-36)31-10-9-28-17-30(8-7-29(28)18-31)32-11-12-34-35(19-32)50-41(53-42(34)56)38-22-48(65-15-16-66-48)25-55(38)44(58)40(27(3)4)52-46(60)62-6;;;;/h7-12,17-19,23,26-27,37-40H,13-16,20-22,24-25H2,1-6H3,(H,51,59)(H,52,60)(H,50,53,56);4*1H2/t37-,38-,39-,40-;;;;/m0..../s1. The van der Waals surface area contributed by atoms with E-state index in [4.69, 9.17) is 38.4 Å². The normalized spacial score (nSPS) is 20.6. The number of allylic oxidation sites excluding steroid dienone is 1. The minimum atomic E-state index is -1.07. The van der Waals surface area contributed by atoms with E-state index in [1.54, 1.807) is 15.9 Å². The lowest BCUT2D eigenvalue weighted by Crippen LogP contribution is -2.54. The summed E-state index contributed by atoms with van der Waals surface area (Å²) in [5, 5.41) is 7.78. The van der Waals surface area contributed by atoms with Crippen LogP contribution in [0.2, 0.25) is 0 Å². The molecule has 5 aliphatic rings. The van der Waals surface area contributed by atoms with E-state index in [1.165, 1.54) is 14.2 Å². The number of nitrogens with zero attached hydrogens (tertiary/aromatic N) is 4. The molecule has 1 aromatic heterocycles. The number of aliphatic imine (C=N–C) groups is 1. The molecule has 3 N–H and O–H groups in total. The van der Waals surface area contributed by atoms with Crippen LogP contribution in [0, 0.1) is 11.8 Å². The summed E-state index contributed by atoms with van der Waals surface area (Å²) in [6.45, 7) is 9.32. The van der Waals surface area contributed by atoms with E-state index in [2.05, 4.69) is 45.9 Å². The predicted octanol–water partition coefficient (Wildman–Crippen LogP) is 5.50. The zero-order chi connectivity index (χ0) is 46.5. The summed E-state index contributed by atoms with van der Waals surface area (Å²) in [6.07, 6.45) is 1.65. The number of rotatable bonds is 10. The van der Waals surface area contributed by atoms with E-state index < -0.39 is 47.9 Å². The minimum absolute atomic E-state index is 0. The van der Waals surface area contributed by atoms with Crippen LogP contribution >= 0.6 is 54.0 Å². The quantitative estimate of drug-likeness (QED) is 0.180. The van der Waals surface area contributed by atoms with Crippen molar-refractivity contribution in [2.45, 2.75) is 82.7 Å². The largest absolute Gasteiger partial charge is 0.453 e. The first-order chi connectivity index (χ1) is 31.7. The van der Waals surface area contributed by atoms with Crippen LogP contribution in [-0.2, 0) is 38.0 Å². The fourth-order valence-corrected chi connectivity index (χ4v) is 9.80. The molecule has 4 saturated heterocycles. The second-order valence-corrected chi connectivity index (χ2v) is 18.2. The van der Waals surface area contributed by atoms with Gasteiger partial charge in [0.1, 0.15) is 17.9 Å². The predicted molar refractivity (Wildman–Crippen MR) is 284 cm³/mol. The van der Waals surface area contributed by atoms with E-state index in [-0.39, 0.29) is 109 Å². The molecular formula is C48H63N7O11S4. The third-order valence-corrected chi connectivity index (χ3v) is 13.3. The number of benzene rings is 3. The van der Waals surface area contributed by atoms with Gasteiger partial charge in [-0.1, -0.05) is 58.0 Å². The Morgan fingerprint density at radius 2 is 1.16 bits per heavy atom. The first-order valence-electron chi connectivity index (χ1n) is 22.4. The fraction of sp³-hybridized carbons (Fsp3) is 0.479. The molecule has 3 aromatic carbocycles. The number of nitrogens with one attached hydrogen (secondary N) is 3. The molecule has 4 aromatic rings. The van der Waals surface area contributed by atoms with Crippen LogP contribution in [0.3, 0.4) is 0 Å². The number of alkyl carbamates (subject to hydrolysis) is 2. The molecule has 380 valence electrons. The maximum Gasteiger partial charge on any atom is 0.407 e. The third-order valence-electron chi connectivity index (χ3n) is 13.3. The van der Waals surface area contributed by atoms with Gasteiger partial charge in [0.05, 0.1) is 76.7 Å². The van der Waals surface area contributed by atoms with Crippen molar-refractivity contribution in [2.75, 3.05) is 53.7 Å². The molecular weight excluding hydrogens is 979 g/mol. The second-order valence-electron chi connectivity index (χ2n) is 18.2. The van der Waals surface area contributed by atoms with Gasteiger partial charge in [0.15, 0.2) is 11.6 Å². The van der Waals surface area contributed by atoms with Crippen molar-refractivity contribution in [3.05, 3.63) is 82.5 Å². The van der Waals surface area contributed by atoms with Gasteiger partial charge in [-0.2, -0.15) is 54.0 Å². The summed E-state index contributed by atoms with van der Waals surface area (Å²) in [7, 11) is 2.51. The van der Waals surface area contributed by atoms with Gasteiger partial charge in [0.25, 0.3) is 5.56 Å². The molecule has 22 heteroatoms. The number of aromatic nitrogens is 2. The molecule has 0 bridgehead atoms. The van der Waals surface area contributed by atoms with E-state index in [0.717, 1.165) is 38.7 Å². The number of H-pyrrole nitrogens is 1. The van der Waals surface area contributed by atoms with E-state index >= 15 is 0 Å². The summed E-state index contributed by atoms with van der Waals surface area (Å²) in [4.78, 5) is 82.4. The van der Waals surface area contributed by atoms with Gasteiger partial charge >= 0.3 is 12.2 Å². The van der Waals surface area contributed by atoms with E-state index in [1.807, 2.05) is 52.1 Å². The van der Waals surface area contributed by atoms with Crippen molar-refractivity contribution < 1.29 is 47.6 Å². The molecule has 4 atom stereocenters. The van der Waals surface area contributed by atoms with Crippen molar-refractivity contribution in [1.29, 1.82) is 0 Å². The Balaban J connectivity index is 0.00000228. The van der Waals surface area contributed by atoms with Gasteiger partial charge in [0.2, 0.25) is 11.8 Å². The van der Waals surface area contributed by atoms with Crippen molar-refractivity contribution in [3.63, 3.8) is 0 Å². The van der Waals surface area contributed by atoms with Crippen LogP contribution in [-0.4, -0.2) is 133 Å². The van der Waals surface area contributed by atoms with Crippen molar-refractivity contribution in [1.82, 2.24) is 30.4 Å². The Bertz CT molecular complexity index is 2720. The highest BCUT2D eigenvalue weighted by Crippen LogP contribution is 2.43. The molecule has 4 fully saturated rings. The summed E-state index contributed by atoms with van der Waals surface area (Å²) in [5.74, 6) is -2.79. The van der Waals surface area contributed by atoms with Crippen molar-refractivity contribution in [2.24, 2.45) is 16.8 Å². The molecule has 70 heavy (non-hydrogen) atoms. The summed E-state index contributed by atoms with van der Waals surface area (Å²) < 4.78 is 33.8. The number of ether oxygens (including phenoxy) is 6. The molecule has 6 heterocycles. The van der Waals surface area contributed by atoms with E-state index in [9.17, 15) is 24.0 Å². The minimum Gasteiger partial charge on any atom is -0.453 e. The SMILES string of the molecule is COC(=O)N[C@H](C(=O)N1CC2(C[C@H]1C1=NC=C(c3ccc4cc(-c5ccc6c(=O)[nH]c([C@@H]7CC8(CN7C(=O)[C@@H](NC(=O)OC)C(C)C)OCCO8)nc6c5)ccc4c3)C1)OCCO2)C(C)C.S.S.S.S. The second kappa shape index (κ2) is 22.7. The number of fused-ring (bicyclic) bond motifs is 2. The molecule has 4 amide bonds. The van der Waals surface area contributed by atoms with Crippen molar-refractivity contribution >= 4 is 111 Å². The highest BCUT2D eigenvalue weighted by Gasteiger charge is 2.54. The average Bonchev–Trinajstić information content (AvgIpc) is 4.19. The van der Waals surface area contributed by atoms with Gasteiger partial charge in [-0.05, 0) is 69.1 Å². The Hall–Kier alpha value is -4.81. The van der Waals surface area contributed by atoms with Crippen LogP contribution in [0.4, 0.5) is 9.59 Å². The summed E-state index contributed by atoms with van der Waals surface area (Å²) in [6, 6.07) is 15.1. The molecule has 18 nitrogen and oxygen atoms in total. The Morgan fingerprint density at radius 3 is 1.69 bits per heavy atom. The van der Waals surface area contributed by atoms with Crippen LogP contribution in [0.5, 0.6) is 0 Å². The number of carbonyl (C=O) groups is 4. The van der Waals surface area contributed by atoms with Gasteiger partial charge in [-0.25, -0.2) is 14.6 Å². The zero-order valence-corrected chi connectivity index (χ0v) is 43.9. The zero-order valence-electron chi connectivity index (χ0n) is 39.9. The van der Waals surface area contributed by atoms with Gasteiger partial charge < -0.3 is 53.8 Å². The average molecular weight is 1040 g/mol. The van der Waals surface area contributed by atoms with Crippen LogP contribution in [0.1, 0.15) is 64.4 Å². The lowest BCUT2D eigenvalue weighted by molar-refractivity contribution is -0.153. The van der Waals surface area contributed by atoms with Crippen LogP contribution in [0.25, 0.3) is 38.4 Å². The highest BCUT2D eigenvalue weighted by molar-refractivity contribution is 7.59. The third kappa shape index (κ3) is 11.0. The number of hydrogen-bond acceptors (Lipinski definition) is 13. The summed E-state index contributed by atoms with van der Waals surface area (Å²) >= 11 is 0. The monoisotopic (exact) mass is 1040 g/mol. The fourth-order valence-electron chi connectivity index (χ4n) is 9.80. The number of carbonyl (C=O) groups excluding carboxylic acids is 4. The lowest BCUT2D eigenvalue weighted by Gasteiger charge is -2.31. The first-order valence-corrected chi connectivity index (χ1v) is 22.4. The molecule has 0 radical (unpaired) electrons. The highest BCUT2D eigenvalue weighted by atomic mass is 32.1. The number of amides is 4. The molecule has 5 aliphatic heterocycles. The molecule has 0 saturated carbocycles. The van der Waals surface area contributed by atoms with Gasteiger partial charge in [0, 0.05) is 31.2 Å². The number of methoxy groups -OCH3 is 2. The lowest BCUT2D eigenvalue weighted by atomic mass is 9.94. The van der Waals surface area contributed by atoms with E-state index in [0.29, 0.717) is 50.2 Å². The maximum absolute atomic E-state index is 14.2. The van der Waals surface area contributed by atoms with Crippen molar-refractivity contribution in [3.8, 4) is 11.1 Å². The van der Waals surface area contributed by atoms with Crippen LogP contribution < -0.4 is 16.2 Å². The maximum atomic E-state index is 14.2. The Labute approximate surface area is 433 Å². The topological polar surface area (TPSA) is 212 Å². The summed E-state index contributed by atoms with van der Waals surface area (Å²) in [5.41, 5.74) is 4.70. The number of hydrogen-bond donors (Lipinski definition) is 3. The van der Waals surface area contributed by atoms with Gasteiger partial charge in [-0.15, -0.1) is 0 Å². The smallest absolute Gasteiger partial charge is 0.407 e. The molecule has 0 unspecified atom stereocenters. The molecule has 9 rings (SSSR count). The molecule has 2 spiro atoms.